The molecule has 1 saturated carbocycles. The van der Waals surface area contributed by atoms with Crippen LogP contribution in [-0.2, 0) is 17.9 Å². The molecule has 5 nitrogen and oxygen atoms in total. The Kier molecular flexibility index (Phi) is 4.64. The molecule has 146 valence electrons. The minimum atomic E-state index is 0.0232. The molecule has 1 aliphatic heterocycles. The maximum absolute atomic E-state index is 13.4. The summed E-state index contributed by atoms with van der Waals surface area (Å²) in [6.07, 6.45) is 2.66. The molecule has 2 aromatic carbocycles. The van der Waals surface area contributed by atoms with Gasteiger partial charge in [-0.1, -0.05) is 48.5 Å². The van der Waals surface area contributed by atoms with Crippen LogP contribution in [0.25, 0.3) is 0 Å². The van der Waals surface area contributed by atoms with E-state index < -0.39 is 0 Å². The molecule has 1 aromatic heterocycles. The molecule has 29 heavy (non-hydrogen) atoms. The highest BCUT2D eigenvalue weighted by Gasteiger charge is 2.45. The van der Waals surface area contributed by atoms with E-state index in [9.17, 15) is 4.79 Å². The van der Waals surface area contributed by atoms with Crippen LogP contribution in [0.15, 0.2) is 72.9 Å². The van der Waals surface area contributed by atoms with Crippen LogP contribution in [-0.4, -0.2) is 22.6 Å². The van der Waals surface area contributed by atoms with Crippen molar-refractivity contribution >= 4 is 5.91 Å². The molecule has 1 fully saturated rings. The molecule has 1 aliphatic carbocycles. The van der Waals surface area contributed by atoms with Gasteiger partial charge < -0.3 is 14.4 Å². The third-order valence-electron chi connectivity index (χ3n) is 5.57. The first-order chi connectivity index (χ1) is 14.3. The maximum Gasteiger partial charge on any atom is 0.231 e. The number of carbonyl (C=O) groups is 1. The molecule has 0 spiro atoms. The van der Waals surface area contributed by atoms with Gasteiger partial charge in [-0.25, -0.2) is 0 Å². The van der Waals surface area contributed by atoms with Crippen LogP contribution in [0.4, 0.5) is 0 Å². The fourth-order valence-electron chi connectivity index (χ4n) is 3.99. The second-order valence-corrected chi connectivity index (χ2v) is 7.53. The van der Waals surface area contributed by atoms with Gasteiger partial charge in [0, 0.05) is 24.2 Å². The Morgan fingerprint density at radius 1 is 0.966 bits per heavy atom. The average Bonchev–Trinajstić information content (AvgIpc) is 3.42. The topological polar surface area (TPSA) is 51.7 Å². The highest BCUT2D eigenvalue weighted by Crippen LogP contribution is 2.49. The molecule has 5 heteroatoms. The van der Waals surface area contributed by atoms with Crippen molar-refractivity contribution < 1.29 is 14.3 Å². The smallest absolute Gasteiger partial charge is 0.231 e. The summed E-state index contributed by atoms with van der Waals surface area (Å²) in [6.45, 7) is 1.17. The van der Waals surface area contributed by atoms with Gasteiger partial charge >= 0.3 is 0 Å². The monoisotopic (exact) mass is 386 g/mol. The second kappa shape index (κ2) is 7.59. The van der Waals surface area contributed by atoms with Crippen LogP contribution >= 0.6 is 0 Å². The molecule has 2 atom stereocenters. The van der Waals surface area contributed by atoms with Gasteiger partial charge in [0.05, 0.1) is 12.2 Å². The Labute approximate surface area is 169 Å². The van der Waals surface area contributed by atoms with Gasteiger partial charge in [0.1, 0.15) is 0 Å². The summed E-state index contributed by atoms with van der Waals surface area (Å²) in [5.74, 6) is 1.97. The van der Waals surface area contributed by atoms with Crippen LogP contribution in [0.5, 0.6) is 11.5 Å². The molecule has 0 radical (unpaired) electrons. The SMILES string of the molecule is O=C([C@@H]1C[C@H]1c1ccccc1)N(Cc1ccccn1)Cc1cccc2c1OCO2. The molecular formula is C24H22N2O3. The fraction of sp³-hybridized carbons (Fsp3) is 0.250. The summed E-state index contributed by atoms with van der Waals surface area (Å²) >= 11 is 0. The van der Waals surface area contributed by atoms with Crippen LogP contribution in [0, 0.1) is 5.92 Å². The lowest BCUT2D eigenvalue weighted by Gasteiger charge is -2.23. The van der Waals surface area contributed by atoms with E-state index in [2.05, 4.69) is 17.1 Å². The molecular weight excluding hydrogens is 364 g/mol. The first-order valence-electron chi connectivity index (χ1n) is 9.91. The average molecular weight is 386 g/mol. The van der Waals surface area contributed by atoms with Crippen molar-refractivity contribution in [3.05, 3.63) is 89.7 Å². The summed E-state index contributed by atoms with van der Waals surface area (Å²) in [5, 5.41) is 0. The Hall–Kier alpha value is -3.34. The van der Waals surface area contributed by atoms with E-state index in [1.807, 2.05) is 59.5 Å². The van der Waals surface area contributed by atoms with Crippen LogP contribution < -0.4 is 9.47 Å². The number of ether oxygens (including phenoxy) is 2. The third kappa shape index (κ3) is 3.68. The van der Waals surface area contributed by atoms with E-state index in [1.165, 1.54) is 5.56 Å². The zero-order valence-electron chi connectivity index (χ0n) is 16.0. The van der Waals surface area contributed by atoms with E-state index in [1.54, 1.807) is 6.20 Å². The Morgan fingerprint density at radius 2 is 1.83 bits per heavy atom. The summed E-state index contributed by atoms with van der Waals surface area (Å²) < 4.78 is 11.1. The predicted molar refractivity (Wildman–Crippen MR) is 108 cm³/mol. The second-order valence-electron chi connectivity index (χ2n) is 7.53. The van der Waals surface area contributed by atoms with Crippen molar-refractivity contribution in [1.82, 2.24) is 9.88 Å². The Morgan fingerprint density at radius 3 is 2.66 bits per heavy atom. The number of benzene rings is 2. The number of fused-ring (bicyclic) bond motifs is 1. The maximum atomic E-state index is 13.4. The number of amides is 1. The quantitative estimate of drug-likeness (QED) is 0.639. The number of aromatic nitrogens is 1. The van der Waals surface area contributed by atoms with Crippen molar-refractivity contribution in [2.75, 3.05) is 6.79 Å². The number of para-hydroxylation sites is 1. The summed E-state index contributed by atoms with van der Waals surface area (Å²) in [5.41, 5.74) is 3.07. The predicted octanol–water partition coefficient (Wildman–Crippen LogP) is 4.14. The van der Waals surface area contributed by atoms with Crippen molar-refractivity contribution in [3.63, 3.8) is 0 Å². The zero-order valence-corrected chi connectivity index (χ0v) is 16.0. The number of rotatable bonds is 6. The lowest BCUT2D eigenvalue weighted by molar-refractivity contribution is -0.134. The van der Waals surface area contributed by atoms with Gasteiger partial charge in [-0.05, 0) is 36.1 Å². The van der Waals surface area contributed by atoms with E-state index in [0.29, 0.717) is 19.0 Å². The first-order valence-corrected chi connectivity index (χ1v) is 9.91. The summed E-state index contributed by atoms with van der Waals surface area (Å²) in [6, 6.07) is 21.9. The van der Waals surface area contributed by atoms with Crippen molar-refractivity contribution in [2.24, 2.45) is 5.92 Å². The summed E-state index contributed by atoms with van der Waals surface area (Å²) in [7, 11) is 0. The van der Waals surface area contributed by atoms with Gasteiger partial charge in [-0.15, -0.1) is 0 Å². The number of carbonyl (C=O) groups excluding carboxylic acids is 1. The molecule has 1 amide bonds. The van der Waals surface area contributed by atoms with Crippen LogP contribution in [0.2, 0.25) is 0 Å². The van der Waals surface area contributed by atoms with Gasteiger partial charge in [-0.2, -0.15) is 0 Å². The van der Waals surface area contributed by atoms with Crippen LogP contribution in [0.1, 0.15) is 29.2 Å². The minimum Gasteiger partial charge on any atom is -0.454 e. The lowest BCUT2D eigenvalue weighted by atomic mass is 10.1. The summed E-state index contributed by atoms with van der Waals surface area (Å²) in [4.78, 5) is 19.7. The van der Waals surface area contributed by atoms with Crippen molar-refractivity contribution in [3.8, 4) is 11.5 Å². The molecule has 3 aromatic rings. The standard InChI is InChI=1S/C24H22N2O3/c27-24(21-13-20(21)17-7-2-1-3-8-17)26(15-19-10-4-5-12-25-19)14-18-9-6-11-22-23(18)29-16-28-22/h1-12,20-21H,13-16H2/t20-,21+/m0/s1. The Bertz CT molecular complexity index is 1010. The number of pyridine rings is 1. The van der Waals surface area contributed by atoms with Gasteiger partial charge in [0.2, 0.25) is 12.7 Å². The molecule has 0 saturated heterocycles. The van der Waals surface area contributed by atoms with Gasteiger partial charge in [0.15, 0.2) is 11.5 Å². The minimum absolute atomic E-state index is 0.0232. The van der Waals surface area contributed by atoms with Gasteiger partial charge in [-0.3, -0.25) is 9.78 Å². The Balaban J connectivity index is 1.39. The number of nitrogens with zero attached hydrogens (tertiary/aromatic N) is 2. The molecule has 0 N–H and O–H groups in total. The fourth-order valence-corrected chi connectivity index (χ4v) is 3.99. The third-order valence-corrected chi connectivity index (χ3v) is 5.57. The van der Waals surface area contributed by atoms with E-state index in [-0.39, 0.29) is 18.6 Å². The largest absolute Gasteiger partial charge is 0.454 e. The number of hydrogen-bond acceptors (Lipinski definition) is 4. The van der Waals surface area contributed by atoms with E-state index in [0.717, 1.165) is 29.2 Å². The highest BCUT2D eigenvalue weighted by molar-refractivity contribution is 5.83. The molecule has 2 heterocycles. The zero-order chi connectivity index (χ0) is 19.6. The van der Waals surface area contributed by atoms with Crippen molar-refractivity contribution in [1.29, 1.82) is 0 Å². The molecule has 5 rings (SSSR count). The highest BCUT2D eigenvalue weighted by atomic mass is 16.7. The van der Waals surface area contributed by atoms with Gasteiger partial charge in [0.25, 0.3) is 0 Å². The molecule has 2 aliphatic rings. The normalized spacial score (nSPS) is 19.0. The number of hydrogen-bond donors (Lipinski definition) is 0. The molecule has 0 bridgehead atoms. The molecule has 0 unspecified atom stereocenters. The first kappa shape index (κ1) is 17.7. The van der Waals surface area contributed by atoms with Crippen LogP contribution in [0.3, 0.4) is 0 Å². The van der Waals surface area contributed by atoms with Crippen molar-refractivity contribution in [2.45, 2.75) is 25.4 Å². The van der Waals surface area contributed by atoms with E-state index >= 15 is 0 Å². The lowest BCUT2D eigenvalue weighted by Crippen LogP contribution is -2.32. The van der Waals surface area contributed by atoms with E-state index in [4.69, 9.17) is 9.47 Å².